The number of benzene rings is 3. The van der Waals surface area contributed by atoms with Crippen LogP contribution < -0.4 is 64.6 Å². The Labute approximate surface area is 794 Å². The summed E-state index contributed by atoms with van der Waals surface area (Å²) in [5.41, 5.74) is 13.9. The van der Waals surface area contributed by atoms with E-state index in [1.165, 1.54) is 80.5 Å². The second kappa shape index (κ2) is 50.9. The van der Waals surface area contributed by atoms with Crippen LogP contribution in [0.4, 0.5) is 0 Å². The van der Waals surface area contributed by atoms with Gasteiger partial charge in [0.05, 0.1) is 31.3 Å². The van der Waals surface area contributed by atoms with Gasteiger partial charge in [0, 0.05) is 125 Å². The number of H-pyrrole nitrogens is 2. The molecule has 3 saturated heterocycles. The van der Waals surface area contributed by atoms with Crippen LogP contribution >= 0.6 is 11.8 Å². The first-order chi connectivity index (χ1) is 65.2. The Bertz CT molecular complexity index is 5300. The van der Waals surface area contributed by atoms with E-state index in [4.69, 9.17) is 11.5 Å². The van der Waals surface area contributed by atoms with Crippen molar-refractivity contribution in [1.82, 2.24) is 97.2 Å². The van der Waals surface area contributed by atoms with Crippen LogP contribution in [-0.2, 0) is 119 Å². The van der Waals surface area contributed by atoms with Gasteiger partial charge in [0.1, 0.15) is 96.9 Å². The van der Waals surface area contributed by atoms with Gasteiger partial charge in [0.2, 0.25) is 94.5 Å². The Balaban J connectivity index is 1.11. The Morgan fingerprint density at radius 1 is 0.577 bits per heavy atom. The summed E-state index contributed by atoms with van der Waals surface area (Å²) < 4.78 is 1.40. The average Bonchev–Trinajstić information content (AvgIpc) is 1.65. The van der Waals surface area contributed by atoms with Gasteiger partial charge in [0.15, 0.2) is 0 Å². The van der Waals surface area contributed by atoms with Crippen molar-refractivity contribution in [3.63, 3.8) is 0 Å². The molecule has 45 heteroatoms. The number of thioether (sulfide) groups is 1. The highest BCUT2D eigenvalue weighted by Gasteiger charge is 2.47. The molecule has 15 atom stereocenters. The van der Waals surface area contributed by atoms with Crippen molar-refractivity contribution in [3.8, 4) is 5.75 Å². The van der Waals surface area contributed by atoms with E-state index >= 15 is 38.4 Å². The van der Waals surface area contributed by atoms with Crippen LogP contribution in [0.1, 0.15) is 140 Å². The van der Waals surface area contributed by atoms with E-state index in [-0.39, 0.29) is 94.7 Å². The van der Waals surface area contributed by atoms with Crippen molar-refractivity contribution in [2.24, 2.45) is 17.4 Å². The van der Waals surface area contributed by atoms with Crippen LogP contribution in [0, 0.1) is 5.92 Å². The van der Waals surface area contributed by atoms with Crippen molar-refractivity contribution < 1.29 is 112 Å². The number of carboxylic acid groups (broad SMARTS) is 2. The van der Waals surface area contributed by atoms with E-state index in [2.05, 4.69) is 68.1 Å². The largest absolute Gasteiger partial charge is 0.508 e. The van der Waals surface area contributed by atoms with Crippen LogP contribution in [-0.4, -0.2) is 332 Å². The number of aromatic hydroxyl groups is 1. The Kier molecular flexibility index (Phi) is 39.8. The summed E-state index contributed by atoms with van der Waals surface area (Å²) in [6.07, 6.45) is 2.12. The standard InChI is InChI=1S/C92H127N21O23S/c1-9-11-21-71-85(129)102-63(34-50(3)4)81(125)107-69(80(124)97-42-75(94)117)47-137-48-76(118)99-66(35-52-25-27-56(115)28-26-52)88(132)108(6)51(5)79(123)100-62(31-32-93)90(134)112-33-17-24-72(112)86(130)104-65(38-55-41-95-49-98-55)83(127)101-61(29-30-77(119)120)91(135)113-44-57(116)39-74(113)87(131)103-64(36-53-40-96-60-20-15-13-18-58(53)60)82(126)106-68(46-114)84(128)105-67(89(133)110(8)73(22-12-10-2)92(136)109(71)7)37-54-43-111(45-78(121)122)70-23-16-14-19-59(54)70/h13-16,18-20,23,25-28,40-41,43,49-51,57,61-69,71-74,96,114-116H,9-12,17,21-22,24,29-39,42,44-48,93H2,1-8H3,(H2,94,117)(H,95,98)(H,97,124)(H,99,118)(H,100,123)(H,101,127)(H,102,129)(H,103,131)(H,104,130)(H,105,128)(H,106,126)(H,107,125)(H,119,120)(H,121,122)/t51-,57+,61-,62-,63-,64-,65-,66-,67-,68-,69-,71-,72-,73-,74-/m0/s1. The number of rotatable bonds is 27. The maximum Gasteiger partial charge on any atom is 0.323 e. The van der Waals surface area contributed by atoms with Crippen LogP contribution in [0.15, 0.2) is 97.7 Å². The fourth-order valence-corrected chi connectivity index (χ4v) is 17.9. The number of aromatic nitrogens is 4. The third-order valence-electron chi connectivity index (χ3n) is 24.5. The third kappa shape index (κ3) is 29.5. The summed E-state index contributed by atoms with van der Waals surface area (Å²) in [6.45, 7) is 5.14. The smallest absolute Gasteiger partial charge is 0.323 e. The molecule has 3 aromatic heterocycles. The molecule has 0 aliphatic carbocycles. The third-order valence-corrected chi connectivity index (χ3v) is 25.6. The summed E-state index contributed by atoms with van der Waals surface area (Å²) in [5, 5.41) is 80.4. The molecular formula is C92H127N21O23S. The van der Waals surface area contributed by atoms with E-state index in [0.717, 1.165) is 31.4 Å². The molecule has 744 valence electrons. The topological polar surface area (TPSA) is 646 Å². The van der Waals surface area contributed by atoms with Gasteiger partial charge in [0.25, 0.3) is 0 Å². The molecular weight excluding hydrogens is 1800 g/mol. The SMILES string of the molecule is CCCC[C@H]1C(=O)N(C)[C@@H](CCCC)C(=O)N[C@@H](CC(C)C)C(=O)N[C@H](C(=O)NCC(N)=O)CSCC(=O)N[C@@H](Cc2ccc(O)cc2)C(=O)N(C)[C@@H](C)C(=O)N[C@@H](CCN)C(=O)N2CCC[C@H]2C(=O)N[C@@H](Cc2cnc[nH]2)C(=O)N[C@@H](CCC(=O)O)C(=O)N2C[C@H](O)C[C@H]2C(=O)N[C@@H](Cc2c[nH]c3ccccc23)C(=O)N[C@@H](CO)C(=O)N[C@@H](Cc2cn(CC(=O)O)c3ccccc23)C(=O)N1C. The molecule has 3 aliphatic rings. The number of amides is 16. The molecule has 0 saturated carbocycles. The molecule has 6 aromatic rings. The summed E-state index contributed by atoms with van der Waals surface area (Å²) in [7, 11) is 3.88. The van der Waals surface area contributed by atoms with Gasteiger partial charge in [-0.3, -0.25) is 86.3 Å². The lowest BCUT2D eigenvalue weighted by atomic mass is 9.99. The highest BCUT2D eigenvalue weighted by Crippen LogP contribution is 2.29. The zero-order chi connectivity index (χ0) is 100. The molecule has 16 amide bonds. The number of aliphatic hydroxyl groups excluding tert-OH is 2. The number of primary amides is 1. The number of hydrogen-bond acceptors (Lipinski definition) is 24. The molecule has 44 nitrogen and oxygen atoms in total. The average molecular weight is 1930 g/mol. The number of fused-ring (bicyclic) bond motifs is 4. The lowest BCUT2D eigenvalue weighted by Gasteiger charge is -2.36. The van der Waals surface area contributed by atoms with Crippen molar-refractivity contribution in [1.29, 1.82) is 0 Å². The number of likely N-dealkylation sites (N-methyl/N-ethyl adjacent to an activating group) is 3. The van der Waals surface area contributed by atoms with Crippen LogP contribution in [0.2, 0.25) is 0 Å². The predicted octanol–water partition coefficient (Wildman–Crippen LogP) is -2.30. The van der Waals surface area contributed by atoms with Crippen molar-refractivity contribution >= 4 is 140 Å². The zero-order valence-corrected chi connectivity index (χ0v) is 78.7. The van der Waals surface area contributed by atoms with E-state index in [1.807, 2.05) is 13.8 Å². The zero-order valence-electron chi connectivity index (χ0n) is 77.9. The number of phenolic OH excluding ortho intramolecular Hbond substituents is 1. The second-order valence-electron chi connectivity index (χ2n) is 35.2. The molecule has 3 aromatic carbocycles. The monoisotopic (exact) mass is 1930 g/mol. The Morgan fingerprint density at radius 2 is 1.15 bits per heavy atom. The highest BCUT2D eigenvalue weighted by molar-refractivity contribution is 8.00. The first-order valence-electron chi connectivity index (χ1n) is 45.8. The number of carboxylic acids is 2. The van der Waals surface area contributed by atoms with Crippen LogP contribution in [0.25, 0.3) is 21.8 Å². The number of nitrogens with zero attached hydrogens (tertiary/aromatic N) is 7. The van der Waals surface area contributed by atoms with E-state index in [1.54, 1.807) is 68.6 Å². The highest BCUT2D eigenvalue weighted by atomic mass is 32.2. The van der Waals surface area contributed by atoms with Gasteiger partial charge in [-0.25, -0.2) is 4.98 Å². The van der Waals surface area contributed by atoms with Crippen molar-refractivity contribution in [3.05, 3.63) is 120 Å². The van der Waals surface area contributed by atoms with Crippen molar-refractivity contribution in [2.45, 2.75) is 241 Å². The van der Waals surface area contributed by atoms with Gasteiger partial charge in [-0.15, -0.1) is 11.8 Å². The number of unbranched alkanes of at least 4 members (excludes halogenated alkanes) is 2. The minimum atomic E-state index is -2.00. The number of carbonyl (C=O) groups excluding carboxylic acids is 16. The number of para-hydroxylation sites is 2. The first-order valence-corrected chi connectivity index (χ1v) is 47.0. The van der Waals surface area contributed by atoms with Gasteiger partial charge >= 0.3 is 11.9 Å². The van der Waals surface area contributed by atoms with Crippen LogP contribution in [0.3, 0.4) is 0 Å². The number of aliphatic hydroxyl groups is 2. The Morgan fingerprint density at radius 3 is 1.79 bits per heavy atom. The number of aromatic amines is 2. The number of imidazole rings is 1. The molecule has 3 fully saturated rings. The maximum absolute atomic E-state index is 15.9. The summed E-state index contributed by atoms with van der Waals surface area (Å²) in [4.78, 5) is 278. The second-order valence-corrected chi connectivity index (χ2v) is 36.2. The fourth-order valence-electron chi connectivity index (χ4n) is 17.0. The molecule has 3 aliphatic heterocycles. The maximum atomic E-state index is 15.9. The van der Waals surface area contributed by atoms with Crippen molar-refractivity contribution in [2.75, 3.05) is 65.4 Å². The number of phenols is 1. The summed E-state index contributed by atoms with van der Waals surface area (Å²) in [5.74, 6) is -19.4. The molecule has 9 rings (SSSR count). The van der Waals surface area contributed by atoms with Gasteiger partial charge in [-0.2, -0.15) is 0 Å². The first kappa shape index (κ1) is 107. The Hall–Kier alpha value is -13.6. The number of nitrogens with two attached hydrogens (primary N) is 2. The number of carbonyl (C=O) groups is 18. The lowest BCUT2D eigenvalue weighted by molar-refractivity contribution is -0.149. The predicted molar refractivity (Wildman–Crippen MR) is 499 cm³/mol. The number of hydrogen-bond donors (Lipinski definition) is 19. The quantitative estimate of drug-likeness (QED) is 0.0258. The molecule has 0 spiro atoms. The normalized spacial score (nSPS) is 24.6. The molecule has 137 heavy (non-hydrogen) atoms. The minimum absolute atomic E-state index is 0.00173. The lowest BCUT2D eigenvalue weighted by Crippen LogP contribution is -2.62. The number of aliphatic carboxylic acids is 2. The van der Waals surface area contributed by atoms with Gasteiger partial charge < -0.3 is 129 Å². The van der Waals surface area contributed by atoms with Crippen LogP contribution in [0.5, 0.6) is 5.75 Å². The van der Waals surface area contributed by atoms with E-state index in [9.17, 15) is 73.5 Å². The molecule has 0 bridgehead atoms. The molecule has 0 unspecified atom stereocenters. The van der Waals surface area contributed by atoms with E-state index < -0.39 is 261 Å². The molecule has 6 heterocycles. The number of nitrogens with one attached hydrogen (secondary N) is 12. The molecule has 21 N–H and O–H groups in total. The molecule has 0 radical (unpaired) electrons. The van der Waals surface area contributed by atoms with E-state index in [0.29, 0.717) is 57.8 Å². The van der Waals surface area contributed by atoms with Gasteiger partial charge in [-0.1, -0.05) is 102 Å². The van der Waals surface area contributed by atoms with Gasteiger partial charge in [-0.05, 0) is 105 Å². The fraction of sp³-hybridized carbons (Fsp3) is 0.533. The summed E-state index contributed by atoms with van der Waals surface area (Å²) >= 11 is 0.792. The summed E-state index contributed by atoms with van der Waals surface area (Å²) in [6, 6.07) is -3.22. The minimum Gasteiger partial charge on any atom is -0.508 e.